The second-order valence-corrected chi connectivity index (χ2v) is 8.54. The first-order valence-corrected chi connectivity index (χ1v) is 11.2. The highest BCUT2D eigenvalue weighted by atomic mass is 16.2. The molecule has 3 aromatic rings. The average Bonchev–Trinajstić information content (AvgIpc) is 3.58. The highest BCUT2D eigenvalue weighted by Crippen LogP contribution is 2.31. The number of benzene rings is 1. The van der Waals surface area contributed by atoms with Crippen LogP contribution in [0.2, 0.25) is 0 Å². The summed E-state index contributed by atoms with van der Waals surface area (Å²) in [6.07, 6.45) is 10.5. The number of likely N-dealkylation sites (tertiary alicyclic amines) is 1. The minimum atomic E-state index is -0.179. The summed E-state index contributed by atoms with van der Waals surface area (Å²) in [5.41, 5.74) is 3.76. The van der Waals surface area contributed by atoms with Crippen molar-refractivity contribution in [1.29, 1.82) is 0 Å². The van der Waals surface area contributed by atoms with Gasteiger partial charge in [0.05, 0.1) is 11.9 Å². The Hall–Kier alpha value is -3.22. The Bertz CT molecular complexity index is 1090. The zero-order chi connectivity index (χ0) is 21.2. The van der Waals surface area contributed by atoms with Crippen molar-refractivity contribution in [2.24, 2.45) is 0 Å². The van der Waals surface area contributed by atoms with Crippen molar-refractivity contribution >= 4 is 23.0 Å². The Kier molecular flexibility index (Phi) is 5.40. The predicted octanol–water partition coefficient (Wildman–Crippen LogP) is 3.71. The number of rotatable bonds is 5. The molecule has 0 spiro atoms. The van der Waals surface area contributed by atoms with Crippen LogP contribution in [0.5, 0.6) is 0 Å². The summed E-state index contributed by atoms with van der Waals surface area (Å²) in [5.74, 6) is -0.0912. The van der Waals surface area contributed by atoms with Crippen molar-refractivity contribution in [3.8, 4) is 0 Å². The highest BCUT2D eigenvalue weighted by molar-refractivity contribution is 5.96. The van der Waals surface area contributed by atoms with Gasteiger partial charge in [0.15, 0.2) is 5.65 Å². The first-order valence-electron chi connectivity index (χ1n) is 11.2. The van der Waals surface area contributed by atoms with Crippen LogP contribution in [0.15, 0.2) is 42.9 Å². The smallest absolute Gasteiger partial charge is 0.253 e. The van der Waals surface area contributed by atoms with Crippen molar-refractivity contribution in [2.45, 2.75) is 51.1 Å². The molecule has 5 rings (SSSR count). The Morgan fingerprint density at radius 2 is 1.71 bits per heavy atom. The normalized spacial score (nSPS) is 16.8. The molecule has 7 nitrogen and oxygen atoms in total. The Morgan fingerprint density at radius 1 is 0.968 bits per heavy atom. The van der Waals surface area contributed by atoms with Crippen LogP contribution in [-0.4, -0.2) is 44.3 Å². The summed E-state index contributed by atoms with van der Waals surface area (Å²) in [5, 5.41) is 2.94. The van der Waals surface area contributed by atoms with Gasteiger partial charge < -0.3 is 14.8 Å². The number of nitrogens with zero attached hydrogens (tertiary/aromatic N) is 4. The molecule has 0 bridgehead atoms. The molecule has 7 heteroatoms. The summed E-state index contributed by atoms with van der Waals surface area (Å²) < 4.78 is 2.15. The molecule has 31 heavy (non-hydrogen) atoms. The van der Waals surface area contributed by atoms with Gasteiger partial charge in [-0.3, -0.25) is 9.59 Å². The number of carbonyl (C=O) groups excluding carboxylic acids is 2. The molecule has 2 aromatic heterocycles. The van der Waals surface area contributed by atoms with Gasteiger partial charge in [-0.05, 0) is 49.4 Å². The van der Waals surface area contributed by atoms with Gasteiger partial charge in [0.2, 0.25) is 0 Å². The van der Waals surface area contributed by atoms with Gasteiger partial charge in [0.1, 0.15) is 5.52 Å². The maximum atomic E-state index is 12.6. The lowest BCUT2D eigenvalue weighted by Crippen LogP contribution is -2.27. The lowest BCUT2D eigenvalue weighted by molar-refractivity contribution is 0.0792. The van der Waals surface area contributed by atoms with Crippen molar-refractivity contribution in [1.82, 2.24) is 24.8 Å². The summed E-state index contributed by atoms with van der Waals surface area (Å²) >= 11 is 0. The average molecular weight is 418 g/mol. The molecule has 1 aromatic carbocycles. The molecule has 2 amide bonds. The van der Waals surface area contributed by atoms with E-state index >= 15 is 0 Å². The molecule has 1 aliphatic carbocycles. The van der Waals surface area contributed by atoms with E-state index in [2.05, 4.69) is 19.9 Å². The monoisotopic (exact) mass is 417 g/mol. The predicted molar refractivity (Wildman–Crippen MR) is 118 cm³/mol. The minimum Gasteiger partial charge on any atom is -0.348 e. The van der Waals surface area contributed by atoms with Gasteiger partial charge in [0.25, 0.3) is 11.8 Å². The molecule has 2 aliphatic rings. The largest absolute Gasteiger partial charge is 0.348 e. The fraction of sp³-hybridized carbons (Fsp3) is 0.417. The molecule has 1 saturated carbocycles. The molecule has 1 aliphatic heterocycles. The molecule has 160 valence electrons. The quantitative estimate of drug-likeness (QED) is 0.686. The van der Waals surface area contributed by atoms with Gasteiger partial charge in [-0.25, -0.2) is 9.97 Å². The Labute approximate surface area is 181 Å². The van der Waals surface area contributed by atoms with Crippen LogP contribution in [0.25, 0.3) is 11.2 Å². The van der Waals surface area contributed by atoms with Crippen LogP contribution < -0.4 is 5.32 Å². The first kappa shape index (κ1) is 19.7. The maximum Gasteiger partial charge on any atom is 0.253 e. The maximum absolute atomic E-state index is 12.6. The van der Waals surface area contributed by atoms with Crippen LogP contribution in [0.4, 0.5) is 0 Å². The van der Waals surface area contributed by atoms with Gasteiger partial charge in [-0.1, -0.05) is 25.0 Å². The number of hydrogen-bond acceptors (Lipinski definition) is 4. The van der Waals surface area contributed by atoms with E-state index in [0.29, 0.717) is 23.7 Å². The van der Waals surface area contributed by atoms with Crippen LogP contribution >= 0.6 is 0 Å². The number of nitrogens with one attached hydrogen (secondary N) is 1. The van der Waals surface area contributed by atoms with E-state index in [9.17, 15) is 9.59 Å². The highest BCUT2D eigenvalue weighted by Gasteiger charge is 2.21. The molecule has 1 saturated heterocycles. The van der Waals surface area contributed by atoms with Crippen molar-refractivity contribution in [2.75, 3.05) is 13.1 Å². The van der Waals surface area contributed by atoms with Gasteiger partial charge in [-0.15, -0.1) is 0 Å². The zero-order valence-electron chi connectivity index (χ0n) is 17.6. The summed E-state index contributed by atoms with van der Waals surface area (Å²) in [7, 11) is 0. The van der Waals surface area contributed by atoms with E-state index in [1.165, 1.54) is 12.8 Å². The minimum absolute atomic E-state index is 0.0875. The molecule has 0 radical (unpaired) electrons. The van der Waals surface area contributed by atoms with E-state index in [0.717, 1.165) is 55.5 Å². The fourth-order valence-electron chi connectivity index (χ4n) is 4.65. The molecular formula is C24H27N5O2. The third kappa shape index (κ3) is 4.04. The molecule has 1 N–H and O–H groups in total. The summed E-state index contributed by atoms with van der Waals surface area (Å²) in [6, 6.07) is 9.75. The molecule has 0 unspecified atom stereocenters. The number of fused-ring (bicyclic) bond motifs is 1. The Morgan fingerprint density at radius 3 is 2.45 bits per heavy atom. The third-order valence-electron chi connectivity index (χ3n) is 6.44. The lowest BCUT2D eigenvalue weighted by Gasteiger charge is -2.15. The zero-order valence-corrected chi connectivity index (χ0v) is 17.6. The van der Waals surface area contributed by atoms with E-state index in [1.807, 2.05) is 35.5 Å². The van der Waals surface area contributed by atoms with E-state index in [1.54, 1.807) is 12.3 Å². The molecular weight excluding hydrogens is 390 g/mol. The molecule has 2 fully saturated rings. The van der Waals surface area contributed by atoms with Gasteiger partial charge in [-0.2, -0.15) is 0 Å². The van der Waals surface area contributed by atoms with E-state index < -0.39 is 0 Å². The van der Waals surface area contributed by atoms with Crippen molar-refractivity contribution in [3.63, 3.8) is 0 Å². The van der Waals surface area contributed by atoms with Crippen LogP contribution in [0.1, 0.15) is 70.8 Å². The van der Waals surface area contributed by atoms with Crippen LogP contribution in [0.3, 0.4) is 0 Å². The molecule has 0 atom stereocenters. The number of aromatic nitrogens is 3. The van der Waals surface area contributed by atoms with E-state index in [-0.39, 0.29) is 11.8 Å². The van der Waals surface area contributed by atoms with Gasteiger partial charge >= 0.3 is 0 Å². The lowest BCUT2D eigenvalue weighted by atomic mass is 10.1. The Balaban J connectivity index is 1.22. The summed E-state index contributed by atoms with van der Waals surface area (Å²) in [4.78, 5) is 36.0. The van der Waals surface area contributed by atoms with Crippen molar-refractivity contribution < 1.29 is 9.59 Å². The number of pyridine rings is 1. The summed E-state index contributed by atoms with van der Waals surface area (Å²) in [6.45, 7) is 2.08. The van der Waals surface area contributed by atoms with Crippen molar-refractivity contribution in [3.05, 3.63) is 59.5 Å². The number of hydrogen-bond donors (Lipinski definition) is 1. The SMILES string of the molecule is O=C(NCc1ccc(C(=O)N2CCCC2)cc1)c1cnc2c(c1)ncn2C1CCCC1. The second-order valence-electron chi connectivity index (χ2n) is 8.54. The van der Waals surface area contributed by atoms with Crippen LogP contribution in [0, 0.1) is 0 Å². The number of amides is 2. The second kappa shape index (κ2) is 8.49. The third-order valence-corrected chi connectivity index (χ3v) is 6.44. The topological polar surface area (TPSA) is 80.1 Å². The molecule has 3 heterocycles. The first-order chi connectivity index (χ1) is 15.2. The fourth-order valence-corrected chi connectivity index (χ4v) is 4.65. The van der Waals surface area contributed by atoms with Gasteiger partial charge in [0, 0.05) is 37.4 Å². The number of carbonyl (C=O) groups is 2. The standard InChI is InChI=1S/C24H27N5O2/c30-23(19-13-21-22(25-15-19)29(16-27-21)20-5-1-2-6-20)26-14-17-7-9-18(10-8-17)24(31)28-11-3-4-12-28/h7-10,13,15-16,20H,1-6,11-12,14H2,(H,26,30). The van der Waals surface area contributed by atoms with E-state index in [4.69, 9.17) is 0 Å². The van der Waals surface area contributed by atoms with Crippen LogP contribution in [-0.2, 0) is 6.54 Å². The number of imidazole rings is 1.